The normalized spacial score (nSPS) is 14.3. The molecule has 0 aromatic carbocycles. The molecule has 0 bridgehead atoms. The molecule has 0 aliphatic rings. The Kier molecular flexibility index (Phi) is 6.18. The molecule has 3 N–H and O–H groups in total. The summed E-state index contributed by atoms with van der Waals surface area (Å²) in [6.45, 7) is 4.66. The summed E-state index contributed by atoms with van der Waals surface area (Å²) in [5.74, 6) is -0.0837. The van der Waals surface area contributed by atoms with Gasteiger partial charge in [-0.2, -0.15) is 11.3 Å². The topological polar surface area (TPSA) is 61.4 Å². The molecule has 4 nitrogen and oxygen atoms in total. The first-order valence-electron chi connectivity index (χ1n) is 5.83. The number of hydrogen-bond donors (Lipinski definition) is 3. The molecule has 0 spiro atoms. The van der Waals surface area contributed by atoms with Gasteiger partial charge < -0.3 is 15.7 Å². The standard InChI is InChI=1S/C12H20N2O2S/c1-3-9(2)13-7-12(16)14-6-11(15)10-4-5-17-8-10/h4-5,8-9,11,13,15H,3,6-7H2,1-2H3,(H,14,16). The Labute approximate surface area is 106 Å². The highest BCUT2D eigenvalue weighted by molar-refractivity contribution is 7.07. The molecule has 0 fully saturated rings. The summed E-state index contributed by atoms with van der Waals surface area (Å²) in [4.78, 5) is 11.5. The highest BCUT2D eigenvalue weighted by atomic mass is 32.1. The fourth-order valence-corrected chi connectivity index (χ4v) is 1.97. The fraction of sp³-hybridized carbons (Fsp3) is 0.583. The van der Waals surface area contributed by atoms with Crippen LogP contribution < -0.4 is 10.6 Å². The summed E-state index contributed by atoms with van der Waals surface area (Å²) >= 11 is 1.53. The third-order valence-corrected chi connectivity index (χ3v) is 3.35. The zero-order valence-corrected chi connectivity index (χ0v) is 11.1. The maximum atomic E-state index is 11.5. The summed E-state index contributed by atoms with van der Waals surface area (Å²) in [7, 11) is 0. The number of carbonyl (C=O) groups is 1. The highest BCUT2D eigenvalue weighted by Crippen LogP contribution is 2.14. The summed E-state index contributed by atoms with van der Waals surface area (Å²) in [6, 6.07) is 2.20. The Hall–Kier alpha value is -0.910. The van der Waals surface area contributed by atoms with Crippen molar-refractivity contribution >= 4 is 17.2 Å². The number of aliphatic hydroxyl groups is 1. The number of rotatable bonds is 7. The summed E-state index contributed by atoms with van der Waals surface area (Å²) < 4.78 is 0. The van der Waals surface area contributed by atoms with Gasteiger partial charge in [0.05, 0.1) is 12.6 Å². The maximum Gasteiger partial charge on any atom is 0.234 e. The van der Waals surface area contributed by atoms with E-state index < -0.39 is 6.10 Å². The number of hydrogen-bond acceptors (Lipinski definition) is 4. The van der Waals surface area contributed by atoms with Crippen molar-refractivity contribution in [1.29, 1.82) is 0 Å². The lowest BCUT2D eigenvalue weighted by molar-refractivity contribution is -0.120. The summed E-state index contributed by atoms with van der Waals surface area (Å²) in [5, 5.41) is 19.3. The zero-order chi connectivity index (χ0) is 12.7. The highest BCUT2D eigenvalue weighted by Gasteiger charge is 2.10. The lowest BCUT2D eigenvalue weighted by Gasteiger charge is -2.13. The summed E-state index contributed by atoms with van der Waals surface area (Å²) in [6.07, 6.45) is 0.374. The molecule has 1 amide bonds. The first kappa shape index (κ1) is 14.2. The van der Waals surface area contributed by atoms with E-state index in [1.807, 2.05) is 23.8 Å². The molecule has 1 heterocycles. The van der Waals surface area contributed by atoms with Crippen molar-refractivity contribution in [2.24, 2.45) is 0 Å². The fourth-order valence-electron chi connectivity index (χ4n) is 1.27. The van der Waals surface area contributed by atoms with Crippen molar-refractivity contribution in [3.8, 4) is 0 Å². The molecule has 2 unspecified atom stereocenters. The predicted molar refractivity (Wildman–Crippen MR) is 70.0 cm³/mol. The Morgan fingerprint density at radius 3 is 2.94 bits per heavy atom. The van der Waals surface area contributed by atoms with Gasteiger partial charge in [0.25, 0.3) is 0 Å². The lowest BCUT2D eigenvalue weighted by atomic mass is 10.2. The predicted octanol–water partition coefficient (Wildman–Crippen LogP) is 1.29. The van der Waals surface area contributed by atoms with E-state index in [2.05, 4.69) is 17.6 Å². The van der Waals surface area contributed by atoms with Crippen LogP contribution >= 0.6 is 11.3 Å². The molecule has 0 aliphatic heterocycles. The second-order valence-corrected chi connectivity index (χ2v) is 4.85. The Morgan fingerprint density at radius 1 is 1.59 bits per heavy atom. The lowest BCUT2D eigenvalue weighted by Crippen LogP contribution is -2.39. The van der Waals surface area contributed by atoms with E-state index in [0.717, 1.165) is 12.0 Å². The molecule has 1 aromatic heterocycles. The molecule has 96 valence electrons. The van der Waals surface area contributed by atoms with Crippen LogP contribution in [-0.4, -0.2) is 30.1 Å². The zero-order valence-electron chi connectivity index (χ0n) is 10.3. The Bertz CT molecular complexity index is 327. The molecular formula is C12H20N2O2S. The van der Waals surface area contributed by atoms with Crippen LogP contribution in [0.3, 0.4) is 0 Å². The van der Waals surface area contributed by atoms with E-state index in [-0.39, 0.29) is 12.5 Å². The van der Waals surface area contributed by atoms with Gasteiger partial charge in [-0.1, -0.05) is 6.92 Å². The molecule has 0 aliphatic carbocycles. The van der Waals surface area contributed by atoms with Crippen molar-refractivity contribution in [2.75, 3.05) is 13.1 Å². The number of carbonyl (C=O) groups excluding carboxylic acids is 1. The van der Waals surface area contributed by atoms with Crippen LogP contribution in [0.2, 0.25) is 0 Å². The van der Waals surface area contributed by atoms with Gasteiger partial charge in [0.15, 0.2) is 0 Å². The van der Waals surface area contributed by atoms with Crippen molar-refractivity contribution in [1.82, 2.24) is 10.6 Å². The minimum atomic E-state index is -0.617. The number of aliphatic hydroxyl groups excluding tert-OH is 1. The van der Waals surface area contributed by atoms with Gasteiger partial charge in [-0.3, -0.25) is 4.79 Å². The van der Waals surface area contributed by atoms with E-state index in [1.54, 1.807) is 0 Å². The van der Waals surface area contributed by atoms with Gasteiger partial charge in [0, 0.05) is 12.6 Å². The molecule has 0 saturated carbocycles. The number of thiophene rings is 1. The largest absolute Gasteiger partial charge is 0.387 e. The average molecular weight is 256 g/mol. The molecule has 17 heavy (non-hydrogen) atoms. The van der Waals surface area contributed by atoms with Crippen LogP contribution in [0, 0.1) is 0 Å². The van der Waals surface area contributed by atoms with Gasteiger partial charge in [-0.25, -0.2) is 0 Å². The van der Waals surface area contributed by atoms with Gasteiger partial charge in [-0.15, -0.1) is 0 Å². The van der Waals surface area contributed by atoms with Crippen molar-refractivity contribution in [3.63, 3.8) is 0 Å². The van der Waals surface area contributed by atoms with Crippen LogP contribution in [0.5, 0.6) is 0 Å². The SMILES string of the molecule is CCC(C)NCC(=O)NCC(O)c1ccsc1. The molecule has 5 heteroatoms. The monoisotopic (exact) mass is 256 g/mol. The molecule has 0 saturated heterocycles. The van der Waals surface area contributed by atoms with E-state index >= 15 is 0 Å². The van der Waals surface area contributed by atoms with Gasteiger partial charge in [0.2, 0.25) is 5.91 Å². The first-order chi connectivity index (χ1) is 8.13. The third-order valence-electron chi connectivity index (χ3n) is 2.64. The van der Waals surface area contributed by atoms with Gasteiger partial charge in [0.1, 0.15) is 0 Å². The van der Waals surface area contributed by atoms with Gasteiger partial charge in [-0.05, 0) is 35.7 Å². The number of amides is 1. The van der Waals surface area contributed by atoms with Crippen molar-refractivity contribution in [2.45, 2.75) is 32.4 Å². The van der Waals surface area contributed by atoms with E-state index in [9.17, 15) is 9.90 Å². The first-order valence-corrected chi connectivity index (χ1v) is 6.78. The van der Waals surface area contributed by atoms with E-state index in [1.165, 1.54) is 11.3 Å². The van der Waals surface area contributed by atoms with Crippen molar-refractivity contribution < 1.29 is 9.90 Å². The minimum absolute atomic E-state index is 0.0837. The quantitative estimate of drug-likeness (QED) is 0.689. The Morgan fingerprint density at radius 2 is 2.35 bits per heavy atom. The second-order valence-electron chi connectivity index (χ2n) is 4.07. The molecular weight excluding hydrogens is 236 g/mol. The summed E-state index contributed by atoms with van der Waals surface area (Å²) in [5.41, 5.74) is 0.852. The number of nitrogens with one attached hydrogen (secondary N) is 2. The average Bonchev–Trinajstić information content (AvgIpc) is 2.86. The van der Waals surface area contributed by atoms with Crippen LogP contribution in [0.1, 0.15) is 31.9 Å². The maximum absolute atomic E-state index is 11.5. The van der Waals surface area contributed by atoms with Gasteiger partial charge >= 0.3 is 0 Å². The molecule has 1 aromatic rings. The second kappa shape index (κ2) is 7.42. The molecule has 2 atom stereocenters. The molecule has 0 radical (unpaired) electrons. The van der Waals surface area contributed by atoms with Crippen LogP contribution in [-0.2, 0) is 4.79 Å². The van der Waals surface area contributed by atoms with E-state index in [4.69, 9.17) is 0 Å². The minimum Gasteiger partial charge on any atom is -0.387 e. The smallest absolute Gasteiger partial charge is 0.234 e. The van der Waals surface area contributed by atoms with Crippen LogP contribution in [0.25, 0.3) is 0 Å². The Balaban J connectivity index is 2.19. The molecule has 1 rings (SSSR count). The van der Waals surface area contributed by atoms with Crippen molar-refractivity contribution in [3.05, 3.63) is 22.4 Å². The third kappa shape index (κ3) is 5.30. The van der Waals surface area contributed by atoms with Crippen LogP contribution in [0.4, 0.5) is 0 Å². The van der Waals surface area contributed by atoms with Crippen LogP contribution in [0.15, 0.2) is 16.8 Å². The van der Waals surface area contributed by atoms with E-state index in [0.29, 0.717) is 12.6 Å².